The highest BCUT2D eigenvalue weighted by atomic mass is 35.5. The topological polar surface area (TPSA) is 58.4 Å². The Labute approximate surface area is 119 Å². The number of carbonyl (C=O) groups excluding carboxylic acids is 1. The highest BCUT2D eigenvalue weighted by Gasteiger charge is 2.07. The zero-order valence-corrected chi connectivity index (χ0v) is 12.3. The van der Waals surface area contributed by atoms with Gasteiger partial charge in [-0.25, -0.2) is 0 Å². The summed E-state index contributed by atoms with van der Waals surface area (Å²) in [6.07, 6.45) is 0.934. The summed E-state index contributed by atoms with van der Waals surface area (Å²) in [5, 5.41) is 3.36. The molecule has 0 aliphatic carbocycles. The summed E-state index contributed by atoms with van der Waals surface area (Å²) >= 11 is 5.87. The predicted molar refractivity (Wildman–Crippen MR) is 80.6 cm³/mol. The molecule has 19 heavy (non-hydrogen) atoms. The number of carbonyl (C=O) groups is 1. The fraction of sp³-hybridized carbons (Fsp3) is 0.500. The molecule has 0 atom stereocenters. The Kier molecular flexibility index (Phi) is 6.67. The predicted octanol–water partition coefficient (Wildman–Crippen LogP) is 2.38. The maximum absolute atomic E-state index is 11.9. The van der Waals surface area contributed by atoms with E-state index in [4.69, 9.17) is 17.3 Å². The van der Waals surface area contributed by atoms with Crippen LogP contribution in [0.5, 0.6) is 0 Å². The van der Waals surface area contributed by atoms with Crippen molar-refractivity contribution in [3.8, 4) is 0 Å². The van der Waals surface area contributed by atoms with Gasteiger partial charge in [0, 0.05) is 22.8 Å². The van der Waals surface area contributed by atoms with E-state index in [1.807, 2.05) is 0 Å². The van der Waals surface area contributed by atoms with Crippen LogP contribution in [0.2, 0.25) is 5.02 Å². The van der Waals surface area contributed by atoms with Gasteiger partial charge in [-0.2, -0.15) is 0 Å². The fourth-order valence-corrected chi connectivity index (χ4v) is 2.13. The van der Waals surface area contributed by atoms with Gasteiger partial charge in [0.25, 0.3) is 5.91 Å². The lowest BCUT2D eigenvalue weighted by Crippen LogP contribution is -2.29. The smallest absolute Gasteiger partial charge is 0.251 e. The average molecular weight is 284 g/mol. The molecule has 5 heteroatoms. The molecule has 0 aromatic heterocycles. The molecule has 0 saturated heterocycles. The van der Waals surface area contributed by atoms with Crippen molar-refractivity contribution in [3.05, 3.63) is 28.8 Å². The summed E-state index contributed by atoms with van der Waals surface area (Å²) in [4.78, 5) is 14.2. The molecule has 0 aliphatic heterocycles. The summed E-state index contributed by atoms with van der Waals surface area (Å²) in [7, 11) is 0. The Morgan fingerprint density at radius 3 is 2.58 bits per heavy atom. The van der Waals surface area contributed by atoms with E-state index in [9.17, 15) is 4.79 Å². The number of anilines is 1. The van der Waals surface area contributed by atoms with Crippen molar-refractivity contribution in [3.63, 3.8) is 0 Å². The minimum Gasteiger partial charge on any atom is -0.399 e. The number of rotatable bonds is 7. The normalized spacial score (nSPS) is 10.7. The van der Waals surface area contributed by atoms with Gasteiger partial charge in [-0.05, 0) is 44.3 Å². The van der Waals surface area contributed by atoms with Gasteiger partial charge in [0.15, 0.2) is 0 Å². The standard InChI is InChI=1S/C14H22ClN3O/c1-3-18(4-2)7-5-6-17-14(19)11-8-12(15)10-13(16)9-11/h8-10H,3-7,16H2,1-2H3,(H,17,19). The molecule has 0 heterocycles. The van der Waals surface area contributed by atoms with Crippen molar-refractivity contribution in [2.75, 3.05) is 31.9 Å². The van der Waals surface area contributed by atoms with E-state index in [0.717, 1.165) is 26.1 Å². The van der Waals surface area contributed by atoms with Crippen molar-refractivity contribution in [1.82, 2.24) is 10.2 Å². The van der Waals surface area contributed by atoms with Crippen molar-refractivity contribution >= 4 is 23.2 Å². The molecule has 0 saturated carbocycles. The highest BCUT2D eigenvalue weighted by Crippen LogP contribution is 2.16. The number of hydrogen-bond acceptors (Lipinski definition) is 3. The van der Waals surface area contributed by atoms with Crippen LogP contribution in [0, 0.1) is 0 Å². The molecule has 0 bridgehead atoms. The van der Waals surface area contributed by atoms with Gasteiger partial charge >= 0.3 is 0 Å². The first kappa shape index (κ1) is 15.8. The third-order valence-electron chi connectivity index (χ3n) is 3.01. The molecule has 4 nitrogen and oxygen atoms in total. The van der Waals surface area contributed by atoms with E-state index >= 15 is 0 Å². The molecule has 0 unspecified atom stereocenters. The van der Waals surface area contributed by atoms with Crippen LogP contribution in [-0.2, 0) is 0 Å². The molecule has 106 valence electrons. The largest absolute Gasteiger partial charge is 0.399 e. The van der Waals surface area contributed by atoms with E-state index in [0.29, 0.717) is 22.8 Å². The first-order valence-corrected chi connectivity index (χ1v) is 7.01. The van der Waals surface area contributed by atoms with Gasteiger partial charge in [0.1, 0.15) is 0 Å². The summed E-state index contributed by atoms with van der Waals surface area (Å²) in [6, 6.07) is 4.88. The van der Waals surface area contributed by atoms with Crippen molar-refractivity contribution in [2.24, 2.45) is 0 Å². The van der Waals surface area contributed by atoms with Gasteiger partial charge in [-0.3, -0.25) is 4.79 Å². The van der Waals surface area contributed by atoms with Crippen molar-refractivity contribution in [1.29, 1.82) is 0 Å². The van der Waals surface area contributed by atoms with Crippen LogP contribution in [0.25, 0.3) is 0 Å². The van der Waals surface area contributed by atoms with Gasteiger partial charge in [0.2, 0.25) is 0 Å². The van der Waals surface area contributed by atoms with Gasteiger partial charge < -0.3 is 16.0 Å². The summed E-state index contributed by atoms with van der Waals surface area (Å²) < 4.78 is 0. The zero-order valence-electron chi connectivity index (χ0n) is 11.6. The summed E-state index contributed by atoms with van der Waals surface area (Å²) in [6.45, 7) is 7.99. The van der Waals surface area contributed by atoms with E-state index in [-0.39, 0.29) is 5.91 Å². The van der Waals surface area contributed by atoms with Gasteiger partial charge in [-0.15, -0.1) is 0 Å². The summed E-state index contributed by atoms with van der Waals surface area (Å²) in [5.74, 6) is -0.131. The maximum Gasteiger partial charge on any atom is 0.251 e. The van der Waals surface area contributed by atoms with Crippen LogP contribution in [0.4, 0.5) is 5.69 Å². The molecular formula is C14H22ClN3O. The Bertz CT molecular complexity index is 399. The second kappa shape index (κ2) is 8.02. The summed E-state index contributed by atoms with van der Waals surface area (Å²) in [5.41, 5.74) is 6.66. The molecule has 1 aromatic carbocycles. The lowest BCUT2D eigenvalue weighted by Gasteiger charge is -2.17. The van der Waals surface area contributed by atoms with E-state index in [1.54, 1.807) is 18.2 Å². The lowest BCUT2D eigenvalue weighted by molar-refractivity contribution is 0.0952. The number of amides is 1. The molecule has 0 radical (unpaired) electrons. The van der Waals surface area contributed by atoms with Crippen LogP contribution in [-0.4, -0.2) is 37.0 Å². The van der Waals surface area contributed by atoms with E-state index < -0.39 is 0 Å². The van der Waals surface area contributed by atoms with E-state index in [2.05, 4.69) is 24.1 Å². The lowest BCUT2D eigenvalue weighted by atomic mass is 10.2. The Hall–Kier alpha value is -1.26. The SMILES string of the molecule is CCN(CC)CCCNC(=O)c1cc(N)cc(Cl)c1. The molecule has 1 amide bonds. The van der Waals surface area contributed by atoms with Crippen LogP contribution in [0.1, 0.15) is 30.6 Å². The molecule has 1 rings (SSSR count). The third kappa shape index (κ3) is 5.49. The minimum absolute atomic E-state index is 0.131. The number of hydrogen-bond donors (Lipinski definition) is 2. The zero-order chi connectivity index (χ0) is 14.3. The molecule has 0 spiro atoms. The van der Waals surface area contributed by atoms with Crippen LogP contribution >= 0.6 is 11.6 Å². The molecule has 0 aliphatic rings. The Morgan fingerprint density at radius 2 is 2.00 bits per heavy atom. The Morgan fingerprint density at radius 1 is 1.32 bits per heavy atom. The average Bonchev–Trinajstić information content (AvgIpc) is 2.37. The second-order valence-corrected chi connectivity index (χ2v) is 4.85. The molecular weight excluding hydrogens is 262 g/mol. The molecule has 0 fully saturated rings. The van der Waals surface area contributed by atoms with Crippen molar-refractivity contribution in [2.45, 2.75) is 20.3 Å². The number of nitrogen functional groups attached to an aromatic ring is 1. The Balaban J connectivity index is 2.39. The minimum atomic E-state index is -0.131. The molecule has 3 N–H and O–H groups in total. The number of halogens is 1. The number of nitrogens with zero attached hydrogens (tertiary/aromatic N) is 1. The van der Waals surface area contributed by atoms with E-state index in [1.165, 1.54) is 0 Å². The highest BCUT2D eigenvalue weighted by molar-refractivity contribution is 6.31. The van der Waals surface area contributed by atoms with Gasteiger partial charge in [0.05, 0.1) is 0 Å². The number of nitrogens with one attached hydrogen (secondary N) is 1. The first-order chi connectivity index (χ1) is 9.06. The van der Waals surface area contributed by atoms with Crippen LogP contribution < -0.4 is 11.1 Å². The second-order valence-electron chi connectivity index (χ2n) is 4.41. The van der Waals surface area contributed by atoms with Crippen LogP contribution in [0.15, 0.2) is 18.2 Å². The number of nitrogens with two attached hydrogens (primary N) is 1. The number of benzene rings is 1. The van der Waals surface area contributed by atoms with Gasteiger partial charge in [-0.1, -0.05) is 25.4 Å². The molecule has 1 aromatic rings. The fourth-order valence-electron chi connectivity index (χ4n) is 1.89. The quantitative estimate of drug-likeness (QED) is 0.597. The van der Waals surface area contributed by atoms with Crippen molar-refractivity contribution < 1.29 is 4.79 Å². The van der Waals surface area contributed by atoms with Crippen LogP contribution in [0.3, 0.4) is 0 Å². The monoisotopic (exact) mass is 283 g/mol. The maximum atomic E-state index is 11.9. The third-order valence-corrected chi connectivity index (χ3v) is 3.23. The first-order valence-electron chi connectivity index (χ1n) is 6.63.